The molecule has 19 heavy (non-hydrogen) atoms. The summed E-state index contributed by atoms with van der Waals surface area (Å²) in [6, 6.07) is 6.28. The molecule has 2 aromatic rings. The van der Waals surface area contributed by atoms with Crippen LogP contribution in [0.5, 0.6) is 0 Å². The molecule has 0 fully saturated rings. The first-order valence-electron chi connectivity index (χ1n) is 5.19. The molecule has 2 nitrogen and oxygen atoms in total. The molecule has 0 amide bonds. The number of nitriles is 1. The first-order valence-corrected chi connectivity index (χ1v) is 6.32. The van der Waals surface area contributed by atoms with Crippen molar-refractivity contribution in [3.8, 4) is 17.3 Å². The third-order valence-corrected chi connectivity index (χ3v) is 3.47. The second-order valence-electron chi connectivity index (χ2n) is 3.75. The van der Waals surface area contributed by atoms with Gasteiger partial charge in [0.15, 0.2) is 0 Å². The van der Waals surface area contributed by atoms with Gasteiger partial charge in [-0.05, 0) is 23.8 Å². The fourth-order valence-electron chi connectivity index (χ4n) is 1.67. The molecule has 0 unspecified atom stereocenters. The van der Waals surface area contributed by atoms with Gasteiger partial charge < -0.3 is 0 Å². The highest BCUT2D eigenvalue weighted by Crippen LogP contribution is 2.37. The topological polar surface area (TPSA) is 36.7 Å². The highest BCUT2D eigenvalue weighted by atomic mass is 35.5. The van der Waals surface area contributed by atoms with E-state index in [9.17, 15) is 4.39 Å². The van der Waals surface area contributed by atoms with Crippen LogP contribution in [-0.2, 0) is 6.42 Å². The SMILES string of the molecule is N#CCc1cc(F)cnc1-c1cc(Cl)cc(Cl)c1Cl. The molecule has 0 bridgehead atoms. The van der Waals surface area contributed by atoms with E-state index in [1.165, 1.54) is 12.1 Å². The standard InChI is InChI=1S/C13H6Cl3FN2/c14-8-4-10(12(16)11(15)5-8)13-7(1-2-18)3-9(17)6-19-13/h3-6H,1H2. The number of aromatic nitrogens is 1. The fourth-order valence-corrected chi connectivity index (χ4v) is 2.36. The first kappa shape index (κ1) is 14.1. The van der Waals surface area contributed by atoms with Gasteiger partial charge in [0.2, 0.25) is 0 Å². The van der Waals surface area contributed by atoms with Crippen LogP contribution in [0.15, 0.2) is 24.4 Å². The van der Waals surface area contributed by atoms with E-state index >= 15 is 0 Å². The van der Waals surface area contributed by atoms with E-state index in [-0.39, 0.29) is 16.5 Å². The van der Waals surface area contributed by atoms with Gasteiger partial charge >= 0.3 is 0 Å². The molecular formula is C13H6Cl3FN2. The Bertz CT molecular complexity index is 680. The summed E-state index contributed by atoms with van der Waals surface area (Å²) in [5.41, 5.74) is 1.31. The Balaban J connectivity index is 2.69. The van der Waals surface area contributed by atoms with Gasteiger partial charge in [-0.2, -0.15) is 5.26 Å². The third kappa shape index (κ3) is 2.98. The second-order valence-corrected chi connectivity index (χ2v) is 4.97. The van der Waals surface area contributed by atoms with Gasteiger partial charge in [-0.3, -0.25) is 4.98 Å². The zero-order valence-corrected chi connectivity index (χ0v) is 11.7. The number of hydrogen-bond acceptors (Lipinski definition) is 2. The number of pyridine rings is 1. The molecule has 0 aliphatic carbocycles. The quantitative estimate of drug-likeness (QED) is 0.738. The van der Waals surface area contributed by atoms with Gasteiger partial charge in [0.1, 0.15) is 5.82 Å². The largest absolute Gasteiger partial charge is 0.253 e. The zero-order valence-electron chi connectivity index (χ0n) is 9.42. The van der Waals surface area contributed by atoms with Crippen LogP contribution in [0.3, 0.4) is 0 Å². The van der Waals surface area contributed by atoms with Crippen molar-refractivity contribution in [3.63, 3.8) is 0 Å². The molecule has 0 atom stereocenters. The van der Waals surface area contributed by atoms with Crippen LogP contribution in [0.2, 0.25) is 15.1 Å². The van der Waals surface area contributed by atoms with Gasteiger partial charge in [-0.25, -0.2) is 4.39 Å². The van der Waals surface area contributed by atoms with Gasteiger partial charge in [0.25, 0.3) is 0 Å². The lowest BCUT2D eigenvalue weighted by atomic mass is 10.0. The summed E-state index contributed by atoms with van der Waals surface area (Å²) in [5.74, 6) is -0.516. The third-order valence-electron chi connectivity index (χ3n) is 2.45. The Morgan fingerprint density at radius 1 is 1.21 bits per heavy atom. The van der Waals surface area contributed by atoms with Crippen LogP contribution in [-0.4, -0.2) is 4.98 Å². The van der Waals surface area contributed by atoms with E-state index in [0.29, 0.717) is 21.8 Å². The van der Waals surface area contributed by atoms with E-state index in [2.05, 4.69) is 4.98 Å². The maximum atomic E-state index is 13.2. The minimum absolute atomic E-state index is 0.0144. The van der Waals surface area contributed by atoms with E-state index < -0.39 is 5.82 Å². The summed E-state index contributed by atoms with van der Waals surface area (Å²) in [6.45, 7) is 0. The summed E-state index contributed by atoms with van der Waals surface area (Å²) in [5, 5.41) is 9.71. The molecule has 0 radical (unpaired) electrons. The predicted octanol–water partition coefficient (Wildman–Crippen LogP) is 4.91. The lowest BCUT2D eigenvalue weighted by Crippen LogP contribution is -1.95. The minimum Gasteiger partial charge on any atom is -0.253 e. The Morgan fingerprint density at radius 2 is 1.95 bits per heavy atom. The Labute approximate surface area is 124 Å². The van der Waals surface area contributed by atoms with E-state index in [4.69, 9.17) is 40.1 Å². The van der Waals surface area contributed by atoms with E-state index in [0.717, 1.165) is 6.20 Å². The van der Waals surface area contributed by atoms with Gasteiger partial charge in [0.05, 0.1) is 34.4 Å². The van der Waals surface area contributed by atoms with Crippen molar-refractivity contribution in [1.82, 2.24) is 4.98 Å². The van der Waals surface area contributed by atoms with Crippen molar-refractivity contribution < 1.29 is 4.39 Å². The summed E-state index contributed by atoms with van der Waals surface area (Å²) in [7, 11) is 0. The van der Waals surface area contributed by atoms with Crippen LogP contribution in [0.4, 0.5) is 4.39 Å². The van der Waals surface area contributed by atoms with Crippen LogP contribution in [0.25, 0.3) is 11.3 Å². The number of rotatable bonds is 2. The smallest absolute Gasteiger partial charge is 0.141 e. The molecule has 6 heteroatoms. The molecular weight excluding hydrogens is 310 g/mol. The predicted molar refractivity (Wildman–Crippen MR) is 74.0 cm³/mol. The number of halogens is 4. The fraction of sp³-hybridized carbons (Fsp3) is 0.0769. The van der Waals surface area contributed by atoms with Crippen molar-refractivity contribution in [2.75, 3.05) is 0 Å². The Morgan fingerprint density at radius 3 is 2.63 bits per heavy atom. The molecule has 1 heterocycles. The number of benzene rings is 1. The van der Waals surface area contributed by atoms with Crippen LogP contribution < -0.4 is 0 Å². The summed E-state index contributed by atoms with van der Waals surface area (Å²) in [4.78, 5) is 3.98. The Hall–Kier alpha value is -1.34. The molecule has 1 aromatic heterocycles. The molecule has 2 rings (SSSR count). The molecule has 0 saturated carbocycles. The Kier molecular flexibility index (Phi) is 4.26. The highest BCUT2D eigenvalue weighted by Gasteiger charge is 2.14. The van der Waals surface area contributed by atoms with Gasteiger partial charge in [-0.15, -0.1) is 0 Å². The van der Waals surface area contributed by atoms with Crippen molar-refractivity contribution in [2.45, 2.75) is 6.42 Å². The van der Waals surface area contributed by atoms with Crippen molar-refractivity contribution >= 4 is 34.8 Å². The van der Waals surface area contributed by atoms with Gasteiger partial charge in [0, 0.05) is 10.6 Å². The molecule has 0 N–H and O–H groups in total. The lowest BCUT2D eigenvalue weighted by molar-refractivity contribution is 0.620. The molecule has 0 saturated heterocycles. The van der Waals surface area contributed by atoms with Gasteiger partial charge in [-0.1, -0.05) is 34.8 Å². The van der Waals surface area contributed by atoms with Crippen molar-refractivity contribution in [3.05, 3.63) is 50.8 Å². The summed E-state index contributed by atoms with van der Waals surface area (Å²) < 4.78 is 13.2. The van der Waals surface area contributed by atoms with Crippen molar-refractivity contribution in [2.24, 2.45) is 0 Å². The zero-order chi connectivity index (χ0) is 14.0. The average molecular weight is 316 g/mol. The molecule has 0 aliphatic rings. The summed E-state index contributed by atoms with van der Waals surface area (Å²) >= 11 is 18.0. The van der Waals surface area contributed by atoms with Crippen molar-refractivity contribution in [1.29, 1.82) is 5.26 Å². The van der Waals surface area contributed by atoms with Crippen LogP contribution in [0, 0.1) is 17.1 Å². The maximum absolute atomic E-state index is 13.2. The monoisotopic (exact) mass is 314 g/mol. The summed E-state index contributed by atoms with van der Waals surface area (Å²) in [6.07, 6.45) is 1.07. The van der Waals surface area contributed by atoms with Crippen LogP contribution in [0.1, 0.15) is 5.56 Å². The van der Waals surface area contributed by atoms with Crippen LogP contribution >= 0.6 is 34.8 Å². The highest BCUT2D eigenvalue weighted by molar-refractivity contribution is 6.45. The molecule has 1 aromatic carbocycles. The second kappa shape index (κ2) is 5.75. The minimum atomic E-state index is -0.516. The average Bonchev–Trinajstić information content (AvgIpc) is 2.35. The number of nitrogens with zero attached hydrogens (tertiary/aromatic N) is 2. The van der Waals surface area contributed by atoms with E-state index in [1.807, 2.05) is 6.07 Å². The molecule has 96 valence electrons. The lowest BCUT2D eigenvalue weighted by Gasteiger charge is -2.10. The first-order chi connectivity index (χ1) is 9.02. The molecule has 0 spiro atoms. The van der Waals surface area contributed by atoms with E-state index in [1.54, 1.807) is 6.07 Å². The normalized spacial score (nSPS) is 10.3. The number of hydrogen-bond donors (Lipinski definition) is 0. The maximum Gasteiger partial charge on any atom is 0.141 e. The molecule has 0 aliphatic heterocycles.